The second kappa shape index (κ2) is 9.91. The van der Waals surface area contributed by atoms with Gasteiger partial charge in [-0.25, -0.2) is 0 Å². The van der Waals surface area contributed by atoms with E-state index < -0.39 is 3.79 Å². The van der Waals surface area contributed by atoms with Gasteiger partial charge in [-0.3, -0.25) is 0 Å². The molecule has 108 valence electrons. The Hall–Kier alpha value is 0.0900. The minimum absolute atomic E-state index is 0.672. The van der Waals surface area contributed by atoms with Crippen molar-refractivity contribution in [1.29, 1.82) is 0 Å². The van der Waals surface area contributed by atoms with Crippen LogP contribution >= 0.6 is 34.8 Å². The van der Waals surface area contributed by atoms with Crippen LogP contribution in [0, 0.1) is 0 Å². The molecule has 0 fully saturated rings. The fourth-order valence-electron chi connectivity index (χ4n) is 2.18. The van der Waals surface area contributed by atoms with Crippen molar-refractivity contribution in [3.63, 3.8) is 0 Å². The van der Waals surface area contributed by atoms with Gasteiger partial charge in [0.1, 0.15) is 0 Å². The molecule has 19 heavy (non-hydrogen) atoms. The highest BCUT2D eigenvalue weighted by Crippen LogP contribution is 2.32. The standard InChI is InChI=1S/C16H23Cl3/c17-16(18,19)14-10-5-3-1-2-4-7-11-15-12-8-6-9-13-15/h6,8-9,12-13H,1-5,7,10-11,14H2. The number of unbranched alkanes of at least 4 members (excludes halogenated alkanes) is 6. The Balaban J connectivity index is 1.87. The summed E-state index contributed by atoms with van der Waals surface area (Å²) in [4.78, 5) is 0. The number of rotatable bonds is 9. The third-order valence-corrected chi connectivity index (χ3v) is 3.84. The molecule has 0 aromatic heterocycles. The van der Waals surface area contributed by atoms with Crippen LogP contribution in [0.4, 0.5) is 0 Å². The normalized spacial score (nSPS) is 11.7. The summed E-state index contributed by atoms with van der Waals surface area (Å²) >= 11 is 17.1. The molecule has 1 aromatic carbocycles. The van der Waals surface area contributed by atoms with E-state index in [1.807, 2.05) is 0 Å². The van der Waals surface area contributed by atoms with E-state index in [0.717, 1.165) is 6.42 Å². The predicted molar refractivity (Wildman–Crippen MR) is 87.4 cm³/mol. The molecule has 3 heteroatoms. The number of alkyl halides is 3. The third-order valence-electron chi connectivity index (χ3n) is 3.27. The molecule has 0 unspecified atom stereocenters. The first-order valence-electron chi connectivity index (χ1n) is 7.18. The Bertz CT molecular complexity index is 317. The number of hydrogen-bond acceptors (Lipinski definition) is 0. The van der Waals surface area contributed by atoms with E-state index in [2.05, 4.69) is 30.3 Å². The van der Waals surface area contributed by atoms with Crippen molar-refractivity contribution in [2.75, 3.05) is 0 Å². The number of benzene rings is 1. The molecule has 1 aromatic rings. The van der Waals surface area contributed by atoms with Gasteiger partial charge in [-0.1, -0.05) is 97.2 Å². The lowest BCUT2D eigenvalue weighted by Gasteiger charge is -2.09. The predicted octanol–water partition coefficient (Wildman–Crippen LogP) is 6.72. The van der Waals surface area contributed by atoms with Gasteiger partial charge in [0.2, 0.25) is 0 Å². The van der Waals surface area contributed by atoms with E-state index in [4.69, 9.17) is 34.8 Å². The van der Waals surface area contributed by atoms with Crippen LogP contribution in [0.5, 0.6) is 0 Å². The van der Waals surface area contributed by atoms with Gasteiger partial charge in [0, 0.05) is 0 Å². The smallest absolute Gasteiger partial charge is 0.0837 e. The molecule has 0 nitrogen and oxygen atoms in total. The monoisotopic (exact) mass is 320 g/mol. The van der Waals surface area contributed by atoms with E-state index in [1.54, 1.807) is 0 Å². The van der Waals surface area contributed by atoms with Gasteiger partial charge in [-0.15, -0.1) is 0 Å². The van der Waals surface area contributed by atoms with Gasteiger partial charge in [0.05, 0.1) is 0 Å². The highest BCUT2D eigenvalue weighted by atomic mass is 35.6. The maximum absolute atomic E-state index is 5.70. The average molecular weight is 322 g/mol. The molecule has 0 saturated heterocycles. The van der Waals surface area contributed by atoms with Gasteiger partial charge in [0.25, 0.3) is 0 Å². The van der Waals surface area contributed by atoms with Crippen molar-refractivity contribution in [3.8, 4) is 0 Å². The Labute approximate surface area is 132 Å². The van der Waals surface area contributed by atoms with Gasteiger partial charge in [-0.2, -0.15) is 0 Å². The fourth-order valence-corrected chi connectivity index (χ4v) is 2.58. The molecule has 1 rings (SSSR count). The Morgan fingerprint density at radius 1 is 0.684 bits per heavy atom. The molecule has 0 heterocycles. The molecular formula is C16H23Cl3. The molecule has 0 saturated carbocycles. The number of hydrogen-bond donors (Lipinski definition) is 0. The van der Waals surface area contributed by atoms with Crippen LogP contribution in [0.1, 0.15) is 56.9 Å². The SMILES string of the molecule is ClC(Cl)(Cl)CCCCCCCCCc1ccccc1. The summed E-state index contributed by atoms with van der Waals surface area (Å²) in [5.41, 5.74) is 1.45. The summed E-state index contributed by atoms with van der Waals surface area (Å²) < 4.78 is -1.06. The van der Waals surface area contributed by atoms with Gasteiger partial charge in [-0.05, 0) is 31.2 Å². The molecule has 0 spiro atoms. The lowest BCUT2D eigenvalue weighted by molar-refractivity contribution is 0.570. The van der Waals surface area contributed by atoms with Crippen molar-refractivity contribution in [1.82, 2.24) is 0 Å². The van der Waals surface area contributed by atoms with Crippen LogP contribution < -0.4 is 0 Å². The molecule has 0 radical (unpaired) electrons. The molecule has 0 aliphatic carbocycles. The van der Waals surface area contributed by atoms with Crippen LogP contribution in [0.2, 0.25) is 0 Å². The minimum Gasteiger partial charge on any atom is -0.0837 e. The summed E-state index contributed by atoms with van der Waals surface area (Å²) in [6.07, 6.45) is 10.5. The molecule has 0 atom stereocenters. The van der Waals surface area contributed by atoms with Crippen molar-refractivity contribution in [2.45, 2.75) is 61.6 Å². The fraction of sp³-hybridized carbons (Fsp3) is 0.625. The zero-order valence-corrected chi connectivity index (χ0v) is 13.7. The lowest BCUT2D eigenvalue weighted by atomic mass is 10.0. The molecular weight excluding hydrogens is 299 g/mol. The van der Waals surface area contributed by atoms with E-state index in [1.165, 1.54) is 50.5 Å². The number of aryl methyl sites for hydroxylation is 1. The van der Waals surface area contributed by atoms with Crippen LogP contribution in [0.3, 0.4) is 0 Å². The zero-order valence-electron chi connectivity index (χ0n) is 11.4. The summed E-state index contributed by atoms with van der Waals surface area (Å²) in [7, 11) is 0. The van der Waals surface area contributed by atoms with Crippen LogP contribution in [-0.4, -0.2) is 3.79 Å². The third kappa shape index (κ3) is 10.5. The Morgan fingerprint density at radius 3 is 1.79 bits per heavy atom. The average Bonchev–Trinajstić information content (AvgIpc) is 2.37. The molecule has 0 aliphatic heterocycles. The molecule has 0 N–H and O–H groups in total. The van der Waals surface area contributed by atoms with E-state index >= 15 is 0 Å². The summed E-state index contributed by atoms with van der Waals surface area (Å²) in [6.45, 7) is 0. The largest absolute Gasteiger partial charge is 0.190 e. The first-order chi connectivity index (χ1) is 9.08. The van der Waals surface area contributed by atoms with Crippen molar-refractivity contribution >= 4 is 34.8 Å². The topological polar surface area (TPSA) is 0 Å². The first kappa shape index (κ1) is 17.1. The van der Waals surface area contributed by atoms with E-state index in [0.29, 0.717) is 6.42 Å². The highest BCUT2D eigenvalue weighted by Gasteiger charge is 2.17. The molecule has 0 bridgehead atoms. The maximum atomic E-state index is 5.70. The van der Waals surface area contributed by atoms with Crippen molar-refractivity contribution in [2.24, 2.45) is 0 Å². The van der Waals surface area contributed by atoms with Crippen LogP contribution in [0.15, 0.2) is 30.3 Å². The number of halogens is 3. The molecule has 0 aliphatic rings. The molecule has 0 amide bonds. The van der Waals surface area contributed by atoms with Crippen molar-refractivity contribution in [3.05, 3.63) is 35.9 Å². The summed E-state index contributed by atoms with van der Waals surface area (Å²) in [5, 5.41) is 0. The first-order valence-corrected chi connectivity index (χ1v) is 8.32. The van der Waals surface area contributed by atoms with Crippen LogP contribution in [-0.2, 0) is 6.42 Å². The quantitative estimate of drug-likeness (QED) is 0.350. The summed E-state index contributed by atoms with van der Waals surface area (Å²) in [6, 6.07) is 10.7. The van der Waals surface area contributed by atoms with E-state index in [-0.39, 0.29) is 0 Å². The van der Waals surface area contributed by atoms with E-state index in [9.17, 15) is 0 Å². The Kier molecular flexibility index (Phi) is 8.94. The second-order valence-corrected chi connectivity index (χ2v) is 7.59. The van der Waals surface area contributed by atoms with Gasteiger partial charge < -0.3 is 0 Å². The van der Waals surface area contributed by atoms with Crippen LogP contribution in [0.25, 0.3) is 0 Å². The lowest BCUT2D eigenvalue weighted by Crippen LogP contribution is -2.00. The Morgan fingerprint density at radius 2 is 1.21 bits per heavy atom. The zero-order chi connectivity index (χ0) is 14.0. The second-order valence-electron chi connectivity index (χ2n) is 5.08. The highest BCUT2D eigenvalue weighted by molar-refractivity contribution is 6.67. The van der Waals surface area contributed by atoms with Crippen molar-refractivity contribution < 1.29 is 0 Å². The summed E-state index contributed by atoms with van der Waals surface area (Å²) in [5.74, 6) is 0. The maximum Gasteiger partial charge on any atom is 0.190 e. The van der Waals surface area contributed by atoms with Gasteiger partial charge >= 0.3 is 0 Å². The van der Waals surface area contributed by atoms with Gasteiger partial charge in [0.15, 0.2) is 3.79 Å². The minimum atomic E-state index is -1.06.